The number of aliphatic hydroxyl groups is 1. The highest BCUT2D eigenvalue weighted by Crippen LogP contribution is 2.01. The lowest BCUT2D eigenvalue weighted by Gasteiger charge is -2.13. The normalized spacial score (nSPS) is 14.1. The summed E-state index contributed by atoms with van der Waals surface area (Å²) in [6, 6.07) is -0.113. The summed E-state index contributed by atoms with van der Waals surface area (Å²) >= 11 is 5.46. The van der Waals surface area contributed by atoms with Gasteiger partial charge in [-0.3, -0.25) is 0 Å². The first-order valence-corrected chi connectivity index (χ1v) is 7.37. The Morgan fingerprint density at radius 1 is 1.33 bits per heavy atom. The molecule has 1 unspecified atom stereocenters. The minimum atomic E-state index is -3.17. The predicted octanol–water partition coefficient (Wildman–Crippen LogP) is 1.09. The Morgan fingerprint density at radius 2 is 2.00 bits per heavy atom. The van der Waals surface area contributed by atoms with Crippen molar-refractivity contribution in [1.29, 1.82) is 0 Å². The molecule has 0 radical (unpaired) electrons. The van der Waals surface area contributed by atoms with Crippen LogP contribution in [-0.4, -0.2) is 37.8 Å². The minimum Gasteiger partial charge on any atom is -0.396 e. The van der Waals surface area contributed by atoms with Gasteiger partial charge in [0.2, 0.25) is 10.0 Å². The molecule has 0 aliphatic carbocycles. The maximum absolute atomic E-state index is 11.5. The molecule has 0 rings (SSSR count). The summed E-state index contributed by atoms with van der Waals surface area (Å²) in [4.78, 5) is 0. The number of aliphatic hydroxyl groups excluding tert-OH is 1. The number of alkyl halides is 1. The average Bonchev–Trinajstić information content (AvgIpc) is 2.14. The molecule has 92 valence electrons. The van der Waals surface area contributed by atoms with E-state index < -0.39 is 10.0 Å². The minimum absolute atomic E-state index is 0.0956. The summed E-state index contributed by atoms with van der Waals surface area (Å²) < 4.78 is 25.5. The largest absolute Gasteiger partial charge is 0.396 e. The zero-order valence-corrected chi connectivity index (χ0v) is 10.6. The van der Waals surface area contributed by atoms with Gasteiger partial charge in [-0.25, -0.2) is 13.1 Å². The van der Waals surface area contributed by atoms with Crippen LogP contribution in [0, 0.1) is 0 Å². The van der Waals surface area contributed by atoms with Crippen molar-refractivity contribution in [3.63, 3.8) is 0 Å². The molecule has 0 aromatic carbocycles. The topological polar surface area (TPSA) is 66.4 Å². The molecule has 6 heteroatoms. The van der Waals surface area contributed by atoms with E-state index in [1.165, 1.54) is 0 Å². The fourth-order valence-electron chi connectivity index (χ4n) is 1.21. The first-order chi connectivity index (χ1) is 7.02. The van der Waals surface area contributed by atoms with Crippen molar-refractivity contribution in [2.75, 3.05) is 18.2 Å². The lowest BCUT2D eigenvalue weighted by Crippen LogP contribution is -2.34. The fourth-order valence-corrected chi connectivity index (χ4v) is 2.83. The molecular formula is C9H20ClNO3S. The van der Waals surface area contributed by atoms with Gasteiger partial charge in [-0.1, -0.05) is 0 Å². The zero-order valence-electron chi connectivity index (χ0n) is 9.08. The third-order valence-corrected chi connectivity index (χ3v) is 3.83. The van der Waals surface area contributed by atoms with Crippen LogP contribution in [0.5, 0.6) is 0 Å². The molecule has 0 bridgehead atoms. The smallest absolute Gasteiger partial charge is 0.211 e. The van der Waals surface area contributed by atoms with Crippen LogP contribution >= 0.6 is 11.6 Å². The van der Waals surface area contributed by atoms with Crippen LogP contribution < -0.4 is 4.72 Å². The molecule has 0 heterocycles. The van der Waals surface area contributed by atoms with E-state index in [0.717, 1.165) is 0 Å². The van der Waals surface area contributed by atoms with Crippen molar-refractivity contribution >= 4 is 21.6 Å². The molecule has 0 aromatic rings. The number of sulfonamides is 1. The third-order valence-electron chi connectivity index (χ3n) is 1.97. The molecular weight excluding hydrogens is 238 g/mol. The van der Waals surface area contributed by atoms with E-state index in [1.54, 1.807) is 6.92 Å². The number of hydrogen-bond acceptors (Lipinski definition) is 3. The predicted molar refractivity (Wildman–Crippen MR) is 62.7 cm³/mol. The van der Waals surface area contributed by atoms with Crippen LogP contribution in [0.1, 0.15) is 32.6 Å². The second-order valence-electron chi connectivity index (χ2n) is 3.60. The summed E-state index contributed by atoms with van der Waals surface area (Å²) in [5.41, 5.74) is 0. The third kappa shape index (κ3) is 9.11. The molecule has 0 aromatic heterocycles. The highest BCUT2D eigenvalue weighted by molar-refractivity contribution is 7.89. The first-order valence-electron chi connectivity index (χ1n) is 5.18. The molecule has 1 atom stereocenters. The van der Waals surface area contributed by atoms with Crippen LogP contribution in [0.25, 0.3) is 0 Å². The van der Waals surface area contributed by atoms with Gasteiger partial charge in [-0.05, 0) is 32.6 Å². The molecule has 0 saturated carbocycles. The van der Waals surface area contributed by atoms with Gasteiger partial charge in [0.05, 0.1) is 5.75 Å². The second kappa shape index (κ2) is 8.33. The first kappa shape index (κ1) is 15.2. The van der Waals surface area contributed by atoms with E-state index in [9.17, 15) is 8.42 Å². The van der Waals surface area contributed by atoms with E-state index in [4.69, 9.17) is 16.7 Å². The Morgan fingerprint density at radius 3 is 2.53 bits per heavy atom. The van der Waals surface area contributed by atoms with Gasteiger partial charge < -0.3 is 5.11 Å². The van der Waals surface area contributed by atoms with Crippen molar-refractivity contribution in [3.8, 4) is 0 Å². The monoisotopic (exact) mass is 257 g/mol. The van der Waals surface area contributed by atoms with E-state index in [0.29, 0.717) is 31.6 Å². The van der Waals surface area contributed by atoms with Crippen LogP contribution in [-0.2, 0) is 10.0 Å². The fraction of sp³-hybridized carbons (Fsp3) is 1.00. The molecule has 0 saturated heterocycles. The summed E-state index contributed by atoms with van der Waals surface area (Å²) in [5.74, 6) is 0.624. The number of hydrogen-bond donors (Lipinski definition) is 2. The Balaban J connectivity index is 3.81. The van der Waals surface area contributed by atoms with Gasteiger partial charge in [-0.2, -0.15) is 0 Å². The number of nitrogens with one attached hydrogen (secondary N) is 1. The van der Waals surface area contributed by atoms with Gasteiger partial charge in [0.1, 0.15) is 0 Å². The Kier molecular flexibility index (Phi) is 8.42. The van der Waals surface area contributed by atoms with Crippen LogP contribution in [0.15, 0.2) is 0 Å². The van der Waals surface area contributed by atoms with Crippen molar-refractivity contribution in [2.24, 2.45) is 0 Å². The quantitative estimate of drug-likeness (QED) is 0.480. The Bertz CT molecular complexity index is 244. The standard InChI is InChI=1S/C9H20ClNO3S/c1-9(5-4-7-12)11-15(13,14)8-3-2-6-10/h9,11-12H,2-8H2,1H3. The van der Waals surface area contributed by atoms with Gasteiger partial charge in [0, 0.05) is 18.5 Å². The highest BCUT2D eigenvalue weighted by Gasteiger charge is 2.13. The Labute approximate surface area is 97.1 Å². The van der Waals surface area contributed by atoms with Crippen molar-refractivity contribution < 1.29 is 13.5 Å². The zero-order chi connectivity index (χ0) is 11.7. The van der Waals surface area contributed by atoms with Gasteiger partial charge >= 0.3 is 0 Å². The molecule has 4 nitrogen and oxygen atoms in total. The van der Waals surface area contributed by atoms with Crippen molar-refractivity contribution in [3.05, 3.63) is 0 Å². The van der Waals surface area contributed by atoms with E-state index in [-0.39, 0.29) is 18.4 Å². The Hall–Kier alpha value is 0.160. The van der Waals surface area contributed by atoms with Crippen molar-refractivity contribution in [1.82, 2.24) is 4.72 Å². The molecule has 15 heavy (non-hydrogen) atoms. The molecule has 2 N–H and O–H groups in total. The van der Waals surface area contributed by atoms with Crippen LogP contribution in [0.3, 0.4) is 0 Å². The summed E-state index contributed by atoms with van der Waals surface area (Å²) in [6.07, 6.45) is 2.58. The van der Waals surface area contributed by atoms with E-state index >= 15 is 0 Å². The molecule has 0 aliphatic heterocycles. The summed E-state index contributed by atoms with van der Waals surface area (Å²) in [7, 11) is -3.17. The van der Waals surface area contributed by atoms with Crippen LogP contribution in [0.2, 0.25) is 0 Å². The second-order valence-corrected chi connectivity index (χ2v) is 5.85. The molecule has 0 aliphatic rings. The lowest BCUT2D eigenvalue weighted by atomic mass is 10.2. The molecule has 0 amide bonds. The van der Waals surface area contributed by atoms with Crippen molar-refractivity contribution in [2.45, 2.75) is 38.6 Å². The number of rotatable bonds is 9. The van der Waals surface area contributed by atoms with Gasteiger partial charge in [-0.15, -0.1) is 11.6 Å². The van der Waals surface area contributed by atoms with Gasteiger partial charge in [0.15, 0.2) is 0 Å². The summed E-state index contributed by atoms with van der Waals surface area (Å²) in [5, 5.41) is 8.59. The van der Waals surface area contributed by atoms with E-state index in [2.05, 4.69) is 4.72 Å². The number of unbranched alkanes of at least 4 members (excludes halogenated alkanes) is 1. The van der Waals surface area contributed by atoms with Gasteiger partial charge in [0.25, 0.3) is 0 Å². The molecule has 0 spiro atoms. The van der Waals surface area contributed by atoms with Crippen LogP contribution in [0.4, 0.5) is 0 Å². The maximum atomic E-state index is 11.5. The van der Waals surface area contributed by atoms with E-state index in [1.807, 2.05) is 0 Å². The SMILES string of the molecule is CC(CCCO)NS(=O)(=O)CCCCCl. The summed E-state index contributed by atoms with van der Waals surface area (Å²) in [6.45, 7) is 1.90. The maximum Gasteiger partial charge on any atom is 0.211 e. The molecule has 0 fully saturated rings. The highest BCUT2D eigenvalue weighted by atomic mass is 35.5. The average molecular weight is 258 g/mol. The number of halogens is 1. The lowest BCUT2D eigenvalue weighted by molar-refractivity contribution is 0.279.